The van der Waals surface area contributed by atoms with Crippen molar-refractivity contribution in [3.05, 3.63) is 35.4 Å². The zero-order chi connectivity index (χ0) is 14.1. The van der Waals surface area contributed by atoms with Gasteiger partial charge in [-0.2, -0.15) is 0 Å². The number of hydrogen-bond acceptors (Lipinski definition) is 2. The van der Waals surface area contributed by atoms with Gasteiger partial charge >= 0.3 is 0 Å². The summed E-state index contributed by atoms with van der Waals surface area (Å²) < 4.78 is 0. The molecule has 19 heavy (non-hydrogen) atoms. The van der Waals surface area contributed by atoms with Crippen LogP contribution < -0.4 is 10.6 Å². The van der Waals surface area contributed by atoms with E-state index in [1.165, 1.54) is 11.1 Å². The van der Waals surface area contributed by atoms with Crippen LogP contribution in [0.5, 0.6) is 0 Å². The van der Waals surface area contributed by atoms with Crippen molar-refractivity contribution in [1.29, 1.82) is 0 Å². The van der Waals surface area contributed by atoms with Crippen LogP contribution in [-0.2, 0) is 11.2 Å². The predicted molar refractivity (Wildman–Crippen MR) is 80.4 cm³/mol. The van der Waals surface area contributed by atoms with Crippen molar-refractivity contribution >= 4 is 5.91 Å². The second-order valence-electron chi connectivity index (χ2n) is 5.17. The number of carbonyl (C=O) groups excluding carboxylic acids is 1. The highest BCUT2D eigenvalue weighted by Crippen LogP contribution is 2.14. The maximum atomic E-state index is 11.4. The van der Waals surface area contributed by atoms with Crippen molar-refractivity contribution in [2.45, 2.75) is 39.5 Å². The Morgan fingerprint density at radius 1 is 1.16 bits per heavy atom. The molecule has 1 aromatic rings. The number of hydrogen-bond donors (Lipinski definition) is 2. The minimum atomic E-state index is 0.0806. The molecule has 0 fully saturated rings. The molecule has 3 heteroatoms. The molecule has 0 atom stereocenters. The number of amides is 1. The van der Waals surface area contributed by atoms with Crippen LogP contribution in [0.25, 0.3) is 0 Å². The van der Waals surface area contributed by atoms with Crippen molar-refractivity contribution in [3.63, 3.8) is 0 Å². The lowest BCUT2D eigenvalue weighted by Gasteiger charge is -2.08. The lowest BCUT2D eigenvalue weighted by molar-refractivity contribution is -0.120. The fraction of sp³-hybridized carbons (Fsp3) is 0.562. The van der Waals surface area contributed by atoms with Gasteiger partial charge in [0.25, 0.3) is 0 Å². The van der Waals surface area contributed by atoms with Crippen LogP contribution in [0.3, 0.4) is 0 Å². The summed E-state index contributed by atoms with van der Waals surface area (Å²) in [7, 11) is 0. The van der Waals surface area contributed by atoms with Crippen LogP contribution in [0.4, 0.5) is 0 Å². The van der Waals surface area contributed by atoms with Crippen LogP contribution in [0.15, 0.2) is 24.3 Å². The molecule has 1 rings (SSSR count). The molecule has 0 radical (unpaired) electrons. The van der Waals surface area contributed by atoms with Gasteiger partial charge in [0.15, 0.2) is 0 Å². The fourth-order valence-corrected chi connectivity index (χ4v) is 1.83. The Hall–Kier alpha value is -1.35. The molecule has 0 spiro atoms. The summed E-state index contributed by atoms with van der Waals surface area (Å²) in [5.74, 6) is 0.659. The molecule has 106 valence electrons. The van der Waals surface area contributed by atoms with E-state index in [1.54, 1.807) is 0 Å². The zero-order valence-electron chi connectivity index (χ0n) is 12.3. The van der Waals surface area contributed by atoms with Crippen molar-refractivity contribution in [1.82, 2.24) is 10.6 Å². The SMILES string of the molecule is CCCNC(=O)CNCCc1ccc(C(C)C)cc1. The maximum Gasteiger partial charge on any atom is 0.233 e. The summed E-state index contributed by atoms with van der Waals surface area (Å²) in [6.45, 7) is 8.45. The molecule has 2 N–H and O–H groups in total. The Balaban J connectivity index is 2.20. The first-order chi connectivity index (χ1) is 9.13. The van der Waals surface area contributed by atoms with Gasteiger partial charge in [0.05, 0.1) is 6.54 Å². The van der Waals surface area contributed by atoms with E-state index in [2.05, 4.69) is 55.7 Å². The molecule has 0 bridgehead atoms. The Morgan fingerprint density at radius 3 is 2.42 bits per heavy atom. The van der Waals surface area contributed by atoms with E-state index in [1.807, 2.05) is 0 Å². The topological polar surface area (TPSA) is 41.1 Å². The number of nitrogens with one attached hydrogen (secondary N) is 2. The van der Waals surface area contributed by atoms with Crippen molar-refractivity contribution < 1.29 is 4.79 Å². The van der Waals surface area contributed by atoms with E-state index in [9.17, 15) is 4.79 Å². The van der Waals surface area contributed by atoms with Crippen molar-refractivity contribution in [2.24, 2.45) is 0 Å². The van der Waals surface area contributed by atoms with Crippen LogP contribution >= 0.6 is 0 Å². The molecule has 0 saturated carbocycles. The van der Waals surface area contributed by atoms with Gasteiger partial charge in [-0.15, -0.1) is 0 Å². The second kappa shape index (κ2) is 8.70. The zero-order valence-corrected chi connectivity index (χ0v) is 12.3. The number of benzene rings is 1. The summed E-state index contributed by atoms with van der Waals surface area (Å²) >= 11 is 0. The van der Waals surface area contributed by atoms with E-state index >= 15 is 0 Å². The summed E-state index contributed by atoms with van der Waals surface area (Å²) in [4.78, 5) is 11.4. The van der Waals surface area contributed by atoms with Crippen LogP contribution in [0, 0.1) is 0 Å². The largest absolute Gasteiger partial charge is 0.355 e. The standard InChI is InChI=1S/C16H26N2O/c1-4-10-18-16(19)12-17-11-9-14-5-7-15(8-6-14)13(2)3/h5-8,13,17H,4,9-12H2,1-3H3,(H,18,19). The molecule has 0 unspecified atom stereocenters. The minimum absolute atomic E-state index is 0.0806. The first-order valence-electron chi connectivity index (χ1n) is 7.19. The molecular weight excluding hydrogens is 236 g/mol. The smallest absolute Gasteiger partial charge is 0.233 e. The fourth-order valence-electron chi connectivity index (χ4n) is 1.83. The molecule has 0 heterocycles. The Morgan fingerprint density at radius 2 is 1.84 bits per heavy atom. The second-order valence-corrected chi connectivity index (χ2v) is 5.17. The van der Waals surface area contributed by atoms with Gasteiger partial charge < -0.3 is 10.6 Å². The van der Waals surface area contributed by atoms with E-state index in [4.69, 9.17) is 0 Å². The predicted octanol–water partition coefficient (Wildman–Crippen LogP) is 2.47. The Bertz CT molecular complexity index is 371. The van der Waals surface area contributed by atoms with Crippen molar-refractivity contribution in [3.8, 4) is 0 Å². The summed E-state index contributed by atoms with van der Waals surface area (Å²) in [5.41, 5.74) is 2.68. The van der Waals surface area contributed by atoms with E-state index in [0.717, 1.165) is 25.9 Å². The lowest BCUT2D eigenvalue weighted by Crippen LogP contribution is -2.35. The molecule has 0 aliphatic rings. The third-order valence-corrected chi connectivity index (χ3v) is 3.09. The van der Waals surface area contributed by atoms with E-state index in [-0.39, 0.29) is 5.91 Å². The van der Waals surface area contributed by atoms with Gasteiger partial charge in [-0.25, -0.2) is 0 Å². The highest BCUT2D eigenvalue weighted by molar-refractivity contribution is 5.77. The average Bonchev–Trinajstić information content (AvgIpc) is 2.41. The average molecular weight is 262 g/mol. The molecule has 1 aromatic carbocycles. The molecule has 0 aliphatic heterocycles. The first-order valence-corrected chi connectivity index (χ1v) is 7.19. The molecule has 0 aliphatic carbocycles. The highest BCUT2D eigenvalue weighted by Gasteiger charge is 2.00. The quantitative estimate of drug-likeness (QED) is 0.707. The van der Waals surface area contributed by atoms with Gasteiger partial charge in [-0.3, -0.25) is 4.79 Å². The summed E-state index contributed by atoms with van der Waals surface area (Å²) in [6, 6.07) is 8.73. The summed E-state index contributed by atoms with van der Waals surface area (Å²) in [5, 5.41) is 6.02. The van der Waals surface area contributed by atoms with Crippen LogP contribution in [0.1, 0.15) is 44.2 Å². The van der Waals surface area contributed by atoms with E-state index < -0.39 is 0 Å². The summed E-state index contributed by atoms with van der Waals surface area (Å²) in [6.07, 6.45) is 1.94. The van der Waals surface area contributed by atoms with E-state index in [0.29, 0.717) is 12.5 Å². The van der Waals surface area contributed by atoms with Crippen LogP contribution in [0.2, 0.25) is 0 Å². The van der Waals surface area contributed by atoms with Gasteiger partial charge in [0, 0.05) is 6.54 Å². The molecule has 3 nitrogen and oxygen atoms in total. The normalized spacial score (nSPS) is 10.7. The highest BCUT2D eigenvalue weighted by atomic mass is 16.1. The van der Waals surface area contributed by atoms with Gasteiger partial charge in [0.2, 0.25) is 5.91 Å². The minimum Gasteiger partial charge on any atom is -0.355 e. The van der Waals surface area contributed by atoms with Gasteiger partial charge in [0.1, 0.15) is 0 Å². The maximum absolute atomic E-state index is 11.4. The third kappa shape index (κ3) is 6.39. The number of carbonyl (C=O) groups is 1. The molecule has 1 amide bonds. The van der Waals surface area contributed by atoms with Gasteiger partial charge in [-0.05, 0) is 36.4 Å². The van der Waals surface area contributed by atoms with Gasteiger partial charge in [-0.1, -0.05) is 45.0 Å². The van der Waals surface area contributed by atoms with Crippen LogP contribution in [-0.4, -0.2) is 25.5 Å². The molecular formula is C16H26N2O. The Kier molecular flexibility index (Phi) is 7.19. The third-order valence-electron chi connectivity index (χ3n) is 3.09. The molecule has 0 aromatic heterocycles. The molecule has 0 saturated heterocycles. The number of rotatable bonds is 8. The monoisotopic (exact) mass is 262 g/mol. The Labute approximate surface area is 116 Å². The first kappa shape index (κ1) is 15.7. The van der Waals surface area contributed by atoms with Crippen molar-refractivity contribution in [2.75, 3.05) is 19.6 Å². The lowest BCUT2D eigenvalue weighted by atomic mass is 10.0.